The average Bonchev–Trinajstić information content (AvgIpc) is 3.31. The lowest BCUT2D eigenvalue weighted by molar-refractivity contribution is 0.180. The molecule has 0 bridgehead atoms. The summed E-state index contributed by atoms with van der Waals surface area (Å²) in [5, 5.41) is 1.38. The minimum Gasteiger partial charge on any atom is -0.301 e. The number of fused-ring (bicyclic) bond motifs is 1. The number of halogens is 2. The van der Waals surface area contributed by atoms with Gasteiger partial charge in [-0.1, -0.05) is 59.1 Å². The third kappa shape index (κ3) is 5.65. The average molecular weight is 606 g/mol. The zero-order chi connectivity index (χ0) is 28.7. The van der Waals surface area contributed by atoms with Gasteiger partial charge in [-0.2, -0.15) is 4.31 Å². The van der Waals surface area contributed by atoms with E-state index in [2.05, 4.69) is 28.5 Å². The summed E-state index contributed by atoms with van der Waals surface area (Å²) in [5.74, 6) is 0. The highest BCUT2D eigenvalue weighted by Crippen LogP contribution is 2.31. The van der Waals surface area contributed by atoms with Crippen LogP contribution in [-0.4, -0.2) is 53.2 Å². The van der Waals surface area contributed by atoms with E-state index >= 15 is 0 Å². The molecule has 6 rings (SSSR count). The highest BCUT2D eigenvalue weighted by Gasteiger charge is 2.29. The van der Waals surface area contributed by atoms with Gasteiger partial charge in [0.1, 0.15) is 5.65 Å². The Labute approximate surface area is 250 Å². The van der Waals surface area contributed by atoms with Gasteiger partial charge in [-0.15, -0.1) is 0 Å². The molecule has 0 N–H and O–H groups in total. The number of hydrogen-bond donors (Lipinski definition) is 0. The van der Waals surface area contributed by atoms with Crippen molar-refractivity contribution >= 4 is 38.9 Å². The Morgan fingerprint density at radius 2 is 1.44 bits per heavy atom. The second kappa shape index (κ2) is 11.2. The first-order valence-electron chi connectivity index (χ1n) is 13.5. The van der Waals surface area contributed by atoms with E-state index in [1.54, 1.807) is 16.4 Å². The van der Waals surface area contributed by atoms with Crippen molar-refractivity contribution in [2.75, 3.05) is 26.2 Å². The lowest BCUT2D eigenvalue weighted by atomic mass is 10.0. The molecule has 5 aromatic rings. The van der Waals surface area contributed by atoms with E-state index in [0.29, 0.717) is 47.7 Å². The summed E-state index contributed by atoms with van der Waals surface area (Å²) >= 11 is 12.4. The molecule has 210 valence electrons. The van der Waals surface area contributed by atoms with Crippen LogP contribution < -0.4 is 0 Å². The monoisotopic (exact) mass is 604 g/mol. The number of nitrogens with zero attached hydrogens (tertiary/aromatic N) is 4. The van der Waals surface area contributed by atoms with E-state index in [0.717, 1.165) is 44.9 Å². The van der Waals surface area contributed by atoms with Crippen molar-refractivity contribution in [2.24, 2.45) is 0 Å². The van der Waals surface area contributed by atoms with Crippen molar-refractivity contribution in [1.82, 2.24) is 18.6 Å². The second-order valence-corrected chi connectivity index (χ2v) is 13.3. The quantitative estimate of drug-likeness (QED) is 0.207. The van der Waals surface area contributed by atoms with Gasteiger partial charge in [-0.3, -0.25) is 4.90 Å². The van der Waals surface area contributed by atoms with Crippen LogP contribution >= 0.6 is 23.2 Å². The Kier molecular flexibility index (Phi) is 7.66. The van der Waals surface area contributed by atoms with Crippen LogP contribution in [0.3, 0.4) is 0 Å². The highest BCUT2D eigenvalue weighted by molar-refractivity contribution is 7.89. The Balaban J connectivity index is 1.32. The Morgan fingerprint density at radius 1 is 0.780 bits per heavy atom. The fourth-order valence-electron chi connectivity index (χ4n) is 5.39. The van der Waals surface area contributed by atoms with E-state index in [-0.39, 0.29) is 0 Å². The molecule has 1 aliphatic rings. The number of imidazole rings is 1. The summed E-state index contributed by atoms with van der Waals surface area (Å²) in [7, 11) is -3.53. The normalized spacial score (nSPS) is 15.0. The second-order valence-electron chi connectivity index (χ2n) is 10.5. The van der Waals surface area contributed by atoms with Crippen molar-refractivity contribution in [3.63, 3.8) is 0 Å². The third-order valence-corrected chi connectivity index (χ3v) is 10.1. The van der Waals surface area contributed by atoms with Crippen molar-refractivity contribution in [1.29, 1.82) is 0 Å². The molecule has 0 atom stereocenters. The van der Waals surface area contributed by atoms with Gasteiger partial charge in [-0.25, -0.2) is 13.4 Å². The summed E-state index contributed by atoms with van der Waals surface area (Å²) in [5.41, 5.74) is 8.08. The summed E-state index contributed by atoms with van der Waals surface area (Å²) < 4.78 is 30.3. The number of sulfonamides is 1. The third-order valence-electron chi connectivity index (χ3n) is 7.70. The largest absolute Gasteiger partial charge is 0.301 e. The van der Waals surface area contributed by atoms with Crippen LogP contribution in [0, 0.1) is 13.8 Å². The van der Waals surface area contributed by atoms with Gasteiger partial charge in [-0.05, 0) is 79.1 Å². The van der Waals surface area contributed by atoms with Crippen LogP contribution in [0.1, 0.15) is 16.8 Å². The lowest BCUT2D eigenvalue weighted by Crippen LogP contribution is -2.48. The highest BCUT2D eigenvalue weighted by atomic mass is 35.5. The van der Waals surface area contributed by atoms with Crippen LogP contribution in [0.2, 0.25) is 10.0 Å². The molecule has 0 radical (unpaired) electrons. The van der Waals surface area contributed by atoms with Crippen LogP contribution in [0.4, 0.5) is 0 Å². The molecule has 0 unspecified atom stereocenters. The summed E-state index contributed by atoms with van der Waals surface area (Å²) in [6.07, 6.45) is 2.13. The Bertz CT molecular complexity index is 1830. The van der Waals surface area contributed by atoms with Crippen LogP contribution in [-0.2, 0) is 16.6 Å². The fraction of sp³-hybridized carbons (Fsp3) is 0.219. The van der Waals surface area contributed by atoms with Crippen molar-refractivity contribution in [3.05, 3.63) is 112 Å². The molecule has 41 heavy (non-hydrogen) atoms. The molecule has 3 heterocycles. The Morgan fingerprint density at radius 3 is 2.12 bits per heavy atom. The number of piperazine rings is 1. The minimum atomic E-state index is -3.53. The Hall–Kier alpha value is -3.20. The molecular weight excluding hydrogens is 575 g/mol. The number of hydrogen-bond acceptors (Lipinski definition) is 4. The zero-order valence-electron chi connectivity index (χ0n) is 22.9. The molecule has 3 aromatic carbocycles. The molecule has 6 nitrogen and oxygen atoms in total. The van der Waals surface area contributed by atoms with E-state index in [1.165, 1.54) is 0 Å². The first-order chi connectivity index (χ1) is 19.7. The molecule has 1 fully saturated rings. The van der Waals surface area contributed by atoms with Crippen molar-refractivity contribution in [2.45, 2.75) is 25.3 Å². The van der Waals surface area contributed by atoms with Crippen LogP contribution in [0.5, 0.6) is 0 Å². The lowest BCUT2D eigenvalue weighted by Gasteiger charge is -2.34. The molecule has 1 aliphatic heterocycles. The summed E-state index contributed by atoms with van der Waals surface area (Å²) in [4.78, 5) is 7.65. The van der Waals surface area contributed by atoms with Gasteiger partial charge < -0.3 is 4.40 Å². The molecule has 0 spiro atoms. The van der Waals surface area contributed by atoms with E-state index < -0.39 is 10.0 Å². The molecule has 0 saturated carbocycles. The van der Waals surface area contributed by atoms with Crippen molar-refractivity contribution < 1.29 is 8.42 Å². The smallest absolute Gasteiger partial charge is 0.243 e. The zero-order valence-corrected chi connectivity index (χ0v) is 25.2. The van der Waals surface area contributed by atoms with Crippen LogP contribution in [0.15, 0.2) is 90.0 Å². The van der Waals surface area contributed by atoms with Gasteiger partial charge >= 0.3 is 0 Å². The standard InChI is InChI=1S/C32H30Cl2N4O2S/c1-22-3-11-28(12-4-22)41(39,40)37-17-15-36(16-18-37)21-30-32(24-5-8-26(33)9-6-24)35-31-14-7-25(20-38(30)31)29-13-10-27(34)19-23(29)2/h3-14,19-20H,15-18,21H2,1-2H3. The number of aryl methyl sites for hydroxylation is 2. The fourth-order valence-corrected chi connectivity index (χ4v) is 7.17. The number of aromatic nitrogens is 2. The minimum absolute atomic E-state index is 0.341. The van der Waals surface area contributed by atoms with E-state index in [4.69, 9.17) is 28.2 Å². The molecule has 0 amide bonds. The van der Waals surface area contributed by atoms with E-state index in [1.807, 2.05) is 67.6 Å². The first-order valence-corrected chi connectivity index (χ1v) is 15.7. The van der Waals surface area contributed by atoms with E-state index in [9.17, 15) is 8.42 Å². The SMILES string of the molecule is Cc1ccc(S(=O)(=O)N2CCN(Cc3c(-c4ccc(Cl)cc4)nc4ccc(-c5ccc(Cl)cc5C)cn34)CC2)cc1. The number of pyridine rings is 1. The van der Waals surface area contributed by atoms with Gasteiger partial charge in [0, 0.05) is 54.5 Å². The first kappa shape index (κ1) is 27.9. The maximum atomic E-state index is 13.3. The molecule has 1 saturated heterocycles. The van der Waals surface area contributed by atoms with Crippen LogP contribution in [0.25, 0.3) is 28.0 Å². The van der Waals surface area contributed by atoms with Gasteiger partial charge in [0.15, 0.2) is 0 Å². The molecule has 2 aromatic heterocycles. The summed E-state index contributed by atoms with van der Waals surface area (Å²) in [6.45, 7) is 6.73. The molecule has 0 aliphatic carbocycles. The van der Waals surface area contributed by atoms with Gasteiger partial charge in [0.05, 0.1) is 16.3 Å². The summed E-state index contributed by atoms with van der Waals surface area (Å²) in [6, 6.07) is 24.8. The topological polar surface area (TPSA) is 57.9 Å². The van der Waals surface area contributed by atoms with Gasteiger partial charge in [0.25, 0.3) is 0 Å². The maximum absolute atomic E-state index is 13.3. The predicted octanol–water partition coefficient (Wildman–Crippen LogP) is 7.10. The molecule has 9 heteroatoms. The molecular formula is C32H30Cl2N4O2S. The number of benzene rings is 3. The maximum Gasteiger partial charge on any atom is 0.243 e. The van der Waals surface area contributed by atoms with Crippen molar-refractivity contribution in [3.8, 4) is 22.4 Å². The predicted molar refractivity (Wildman–Crippen MR) is 166 cm³/mol. The van der Waals surface area contributed by atoms with Gasteiger partial charge in [0.2, 0.25) is 10.0 Å². The number of rotatable bonds is 6.